The van der Waals surface area contributed by atoms with Crippen LogP contribution in [0, 0.1) is 0 Å². The molecule has 2 aromatic carbocycles. The summed E-state index contributed by atoms with van der Waals surface area (Å²) >= 11 is 0. The standard InChI is InChI=1S/C20H20N2O4/c1-3-4-11-26-18-12-14(9-10-17(18)25-2)13-21-22-19(23)15-7-5-6-8-16(15)20(22)24/h5-10,12-13H,3-4,11H2,1-2H3/b21-13-. The highest BCUT2D eigenvalue weighted by atomic mass is 16.5. The predicted octanol–water partition coefficient (Wildman–Crippen LogP) is 3.50. The molecule has 2 amide bonds. The zero-order valence-corrected chi connectivity index (χ0v) is 14.8. The van der Waals surface area contributed by atoms with E-state index in [0.717, 1.165) is 17.9 Å². The van der Waals surface area contributed by atoms with Gasteiger partial charge in [-0.2, -0.15) is 10.1 Å². The Kier molecular flexibility index (Phi) is 5.31. The molecule has 1 heterocycles. The Bertz CT molecular complexity index is 826. The first-order valence-corrected chi connectivity index (χ1v) is 8.48. The third-order valence-corrected chi connectivity index (χ3v) is 4.04. The molecule has 6 heteroatoms. The number of nitrogens with zero attached hydrogens (tertiary/aromatic N) is 2. The Labute approximate surface area is 152 Å². The predicted molar refractivity (Wildman–Crippen MR) is 97.9 cm³/mol. The Hall–Kier alpha value is -3.15. The third kappa shape index (κ3) is 3.44. The van der Waals surface area contributed by atoms with Crippen LogP contribution in [0.1, 0.15) is 46.0 Å². The summed E-state index contributed by atoms with van der Waals surface area (Å²) in [4.78, 5) is 24.6. The van der Waals surface area contributed by atoms with Crippen LogP contribution < -0.4 is 9.47 Å². The molecule has 0 radical (unpaired) electrons. The normalized spacial score (nSPS) is 13.4. The van der Waals surface area contributed by atoms with E-state index in [-0.39, 0.29) is 0 Å². The maximum atomic E-state index is 12.3. The number of methoxy groups -OCH3 is 1. The first kappa shape index (κ1) is 17.7. The molecule has 0 unspecified atom stereocenters. The van der Waals surface area contributed by atoms with Crippen molar-refractivity contribution >= 4 is 18.0 Å². The number of ether oxygens (including phenoxy) is 2. The van der Waals surface area contributed by atoms with E-state index in [1.54, 1.807) is 49.6 Å². The van der Waals surface area contributed by atoms with Crippen molar-refractivity contribution in [1.29, 1.82) is 0 Å². The summed E-state index contributed by atoms with van der Waals surface area (Å²) in [5.41, 5.74) is 1.44. The minimum Gasteiger partial charge on any atom is -0.493 e. The number of carbonyl (C=O) groups is 2. The smallest absolute Gasteiger partial charge is 0.282 e. The number of fused-ring (bicyclic) bond motifs is 1. The van der Waals surface area contributed by atoms with E-state index in [9.17, 15) is 9.59 Å². The molecule has 0 fully saturated rings. The fourth-order valence-corrected chi connectivity index (χ4v) is 2.62. The maximum absolute atomic E-state index is 12.3. The zero-order chi connectivity index (χ0) is 18.5. The van der Waals surface area contributed by atoms with Crippen molar-refractivity contribution in [2.75, 3.05) is 13.7 Å². The monoisotopic (exact) mass is 352 g/mol. The van der Waals surface area contributed by atoms with E-state index < -0.39 is 11.8 Å². The number of hydrogen-bond donors (Lipinski definition) is 0. The summed E-state index contributed by atoms with van der Waals surface area (Å²) in [6.07, 6.45) is 3.44. The summed E-state index contributed by atoms with van der Waals surface area (Å²) in [6.45, 7) is 2.68. The molecule has 0 atom stereocenters. The molecule has 2 aromatic rings. The lowest BCUT2D eigenvalue weighted by atomic mass is 10.1. The van der Waals surface area contributed by atoms with Crippen LogP contribution >= 0.6 is 0 Å². The molecule has 0 bridgehead atoms. The summed E-state index contributed by atoms with van der Waals surface area (Å²) in [7, 11) is 1.58. The van der Waals surface area contributed by atoms with Gasteiger partial charge in [0.25, 0.3) is 11.8 Å². The molecule has 0 N–H and O–H groups in total. The Morgan fingerprint density at radius 3 is 2.35 bits per heavy atom. The average Bonchev–Trinajstić information content (AvgIpc) is 2.91. The second-order valence-electron chi connectivity index (χ2n) is 5.82. The van der Waals surface area contributed by atoms with Gasteiger partial charge >= 0.3 is 0 Å². The molecule has 0 saturated heterocycles. The molecule has 6 nitrogen and oxygen atoms in total. The van der Waals surface area contributed by atoms with Gasteiger partial charge in [0.2, 0.25) is 0 Å². The van der Waals surface area contributed by atoms with Crippen LogP contribution in [0.3, 0.4) is 0 Å². The van der Waals surface area contributed by atoms with Crippen molar-refractivity contribution in [3.63, 3.8) is 0 Å². The molecule has 3 rings (SSSR count). The number of rotatable bonds is 7. The van der Waals surface area contributed by atoms with Gasteiger partial charge in [0.1, 0.15) is 0 Å². The van der Waals surface area contributed by atoms with Gasteiger partial charge in [-0.1, -0.05) is 25.5 Å². The molecular formula is C20H20N2O4. The van der Waals surface area contributed by atoms with Gasteiger partial charge in [0.05, 0.1) is 31.1 Å². The van der Waals surface area contributed by atoms with Crippen molar-refractivity contribution < 1.29 is 19.1 Å². The highest BCUT2D eigenvalue weighted by Crippen LogP contribution is 2.28. The molecule has 26 heavy (non-hydrogen) atoms. The van der Waals surface area contributed by atoms with E-state index in [0.29, 0.717) is 34.8 Å². The maximum Gasteiger partial charge on any atom is 0.282 e. The molecular weight excluding hydrogens is 332 g/mol. The van der Waals surface area contributed by atoms with Crippen LogP contribution in [-0.4, -0.2) is 36.8 Å². The van der Waals surface area contributed by atoms with Gasteiger partial charge in [-0.25, -0.2) is 0 Å². The molecule has 0 aliphatic carbocycles. The number of carbonyl (C=O) groups excluding carboxylic acids is 2. The van der Waals surface area contributed by atoms with Crippen LogP contribution in [-0.2, 0) is 0 Å². The first-order valence-electron chi connectivity index (χ1n) is 8.48. The van der Waals surface area contributed by atoms with Gasteiger partial charge in [-0.3, -0.25) is 9.59 Å². The van der Waals surface area contributed by atoms with Crippen LogP contribution in [0.25, 0.3) is 0 Å². The fourth-order valence-electron chi connectivity index (χ4n) is 2.62. The number of unbranched alkanes of at least 4 members (excludes halogenated alkanes) is 1. The van der Waals surface area contributed by atoms with Gasteiger partial charge in [-0.05, 0) is 42.3 Å². The highest BCUT2D eigenvalue weighted by molar-refractivity contribution is 6.21. The van der Waals surface area contributed by atoms with Crippen LogP contribution in [0.2, 0.25) is 0 Å². The first-order chi connectivity index (χ1) is 12.7. The van der Waals surface area contributed by atoms with E-state index >= 15 is 0 Å². The molecule has 1 aliphatic heterocycles. The third-order valence-electron chi connectivity index (χ3n) is 4.04. The largest absolute Gasteiger partial charge is 0.493 e. The highest BCUT2D eigenvalue weighted by Gasteiger charge is 2.35. The molecule has 1 aliphatic rings. The van der Waals surface area contributed by atoms with E-state index in [1.807, 2.05) is 0 Å². The lowest BCUT2D eigenvalue weighted by molar-refractivity contribution is 0.0660. The SMILES string of the molecule is CCCCOc1cc(/C=N\N2C(=O)c3ccccc3C2=O)ccc1OC. The fraction of sp³-hybridized carbons (Fsp3) is 0.250. The van der Waals surface area contributed by atoms with Gasteiger partial charge < -0.3 is 9.47 Å². The second-order valence-corrected chi connectivity index (χ2v) is 5.82. The van der Waals surface area contributed by atoms with E-state index in [1.165, 1.54) is 6.21 Å². The molecule has 0 aromatic heterocycles. The zero-order valence-electron chi connectivity index (χ0n) is 14.8. The summed E-state index contributed by atoms with van der Waals surface area (Å²) in [5, 5.41) is 4.96. The molecule has 0 saturated carbocycles. The average molecular weight is 352 g/mol. The van der Waals surface area contributed by atoms with Crippen molar-refractivity contribution in [3.05, 3.63) is 59.2 Å². The number of hydrazone groups is 1. The quantitative estimate of drug-likeness (QED) is 0.434. The van der Waals surface area contributed by atoms with E-state index in [4.69, 9.17) is 9.47 Å². The van der Waals surface area contributed by atoms with Crippen molar-refractivity contribution in [3.8, 4) is 11.5 Å². The van der Waals surface area contributed by atoms with Crippen LogP contribution in [0.15, 0.2) is 47.6 Å². The summed E-state index contributed by atoms with van der Waals surface area (Å²) in [6, 6.07) is 12.0. The van der Waals surface area contributed by atoms with Crippen molar-refractivity contribution in [1.82, 2.24) is 5.01 Å². The Morgan fingerprint density at radius 2 is 1.73 bits per heavy atom. The summed E-state index contributed by atoms with van der Waals surface area (Å²) in [5.74, 6) is 0.385. The minimum atomic E-state index is -0.421. The lowest BCUT2D eigenvalue weighted by Crippen LogP contribution is -2.24. The number of imide groups is 1. The van der Waals surface area contributed by atoms with Gasteiger partial charge in [0, 0.05) is 0 Å². The van der Waals surface area contributed by atoms with Crippen molar-refractivity contribution in [2.24, 2.45) is 5.10 Å². The van der Waals surface area contributed by atoms with Crippen LogP contribution in [0.4, 0.5) is 0 Å². The Morgan fingerprint density at radius 1 is 1.04 bits per heavy atom. The van der Waals surface area contributed by atoms with Gasteiger partial charge in [0.15, 0.2) is 11.5 Å². The molecule has 0 spiro atoms. The number of benzene rings is 2. The lowest BCUT2D eigenvalue weighted by Gasteiger charge is -2.11. The second kappa shape index (κ2) is 7.82. The Balaban J connectivity index is 1.79. The number of amides is 2. The summed E-state index contributed by atoms with van der Waals surface area (Å²) < 4.78 is 11.0. The van der Waals surface area contributed by atoms with Crippen LogP contribution in [0.5, 0.6) is 11.5 Å². The van der Waals surface area contributed by atoms with Gasteiger partial charge in [-0.15, -0.1) is 0 Å². The molecule has 134 valence electrons. The topological polar surface area (TPSA) is 68.2 Å². The van der Waals surface area contributed by atoms with E-state index in [2.05, 4.69) is 12.0 Å². The number of hydrogen-bond acceptors (Lipinski definition) is 5. The minimum absolute atomic E-state index is 0.368. The van der Waals surface area contributed by atoms with Crippen molar-refractivity contribution in [2.45, 2.75) is 19.8 Å².